The molecule has 0 aromatic carbocycles. The van der Waals surface area contributed by atoms with Crippen molar-refractivity contribution in [2.45, 2.75) is 25.8 Å². The van der Waals surface area contributed by atoms with Gasteiger partial charge >= 0.3 is 0 Å². The summed E-state index contributed by atoms with van der Waals surface area (Å²) in [5.41, 5.74) is 0.629. The highest BCUT2D eigenvalue weighted by Crippen LogP contribution is 2.28. The molecule has 8 heteroatoms. The van der Waals surface area contributed by atoms with Gasteiger partial charge in [0.2, 0.25) is 0 Å². The molecule has 2 aromatic heterocycles. The number of nitrogens with zero attached hydrogens (tertiary/aromatic N) is 2. The maximum absolute atomic E-state index is 12.5. The van der Waals surface area contributed by atoms with Crippen molar-refractivity contribution in [1.29, 1.82) is 0 Å². The molecule has 3 heterocycles. The van der Waals surface area contributed by atoms with E-state index < -0.39 is 15.4 Å². The van der Waals surface area contributed by atoms with Crippen molar-refractivity contribution < 1.29 is 13.2 Å². The molecule has 1 aliphatic rings. The molecule has 2 aromatic rings. The van der Waals surface area contributed by atoms with Gasteiger partial charge in [0.05, 0.1) is 28.4 Å². The normalized spacial score (nSPS) is 22.9. The molecule has 1 saturated heterocycles. The summed E-state index contributed by atoms with van der Waals surface area (Å²) >= 11 is 1.27. The first-order valence-corrected chi connectivity index (χ1v) is 9.84. The third-order valence-corrected chi connectivity index (χ3v) is 6.89. The van der Waals surface area contributed by atoms with Crippen LogP contribution in [0, 0.1) is 6.92 Å². The van der Waals surface area contributed by atoms with Crippen LogP contribution in [0.15, 0.2) is 24.4 Å². The highest BCUT2D eigenvalue weighted by Gasteiger charge is 2.40. The van der Waals surface area contributed by atoms with Crippen LogP contribution in [0.25, 0.3) is 10.7 Å². The van der Waals surface area contributed by atoms with Crippen molar-refractivity contribution in [2.75, 3.05) is 11.5 Å². The first-order valence-electron chi connectivity index (χ1n) is 7.20. The molecule has 3 rings (SSSR count). The van der Waals surface area contributed by atoms with Gasteiger partial charge in [-0.05, 0) is 32.4 Å². The zero-order valence-electron chi connectivity index (χ0n) is 12.9. The molecule has 0 bridgehead atoms. The number of nitrogens with one attached hydrogen (secondary N) is 1. The van der Waals surface area contributed by atoms with E-state index in [1.54, 1.807) is 20.0 Å². The van der Waals surface area contributed by atoms with Crippen molar-refractivity contribution in [3.05, 3.63) is 35.0 Å². The zero-order valence-corrected chi connectivity index (χ0v) is 14.5. The number of rotatable bonds is 3. The number of aromatic nitrogens is 2. The zero-order chi connectivity index (χ0) is 16.7. The van der Waals surface area contributed by atoms with Gasteiger partial charge in [-0.2, -0.15) is 0 Å². The Labute approximate surface area is 138 Å². The number of hydrogen-bond acceptors (Lipinski definition) is 6. The van der Waals surface area contributed by atoms with Gasteiger partial charge in [-0.15, -0.1) is 11.3 Å². The lowest BCUT2D eigenvalue weighted by atomic mass is 10.0. The van der Waals surface area contributed by atoms with Gasteiger partial charge in [-0.25, -0.2) is 13.4 Å². The summed E-state index contributed by atoms with van der Waals surface area (Å²) in [6.07, 6.45) is 2.11. The van der Waals surface area contributed by atoms with E-state index in [1.807, 2.05) is 18.2 Å². The molecule has 23 heavy (non-hydrogen) atoms. The molecule has 1 aliphatic heterocycles. The topological polar surface area (TPSA) is 89.0 Å². The maximum Gasteiger partial charge on any atom is 0.263 e. The largest absolute Gasteiger partial charge is 0.345 e. The predicted octanol–water partition coefficient (Wildman–Crippen LogP) is 1.82. The Bertz CT molecular complexity index is 846. The Morgan fingerprint density at radius 1 is 1.39 bits per heavy atom. The van der Waals surface area contributed by atoms with Crippen LogP contribution in [-0.4, -0.2) is 41.3 Å². The summed E-state index contributed by atoms with van der Waals surface area (Å²) in [4.78, 5) is 21.7. The number of aryl methyl sites for hydroxylation is 1. The number of sulfone groups is 1. The van der Waals surface area contributed by atoms with Gasteiger partial charge in [-0.1, -0.05) is 6.07 Å². The second kappa shape index (κ2) is 5.68. The van der Waals surface area contributed by atoms with E-state index in [1.165, 1.54) is 11.3 Å². The fourth-order valence-corrected chi connectivity index (χ4v) is 5.68. The summed E-state index contributed by atoms with van der Waals surface area (Å²) in [5, 5.41) is 3.54. The Balaban J connectivity index is 1.82. The Morgan fingerprint density at radius 3 is 2.78 bits per heavy atom. The van der Waals surface area contributed by atoms with Crippen LogP contribution < -0.4 is 5.32 Å². The molecule has 6 nitrogen and oxygen atoms in total. The third-order valence-electron chi connectivity index (χ3n) is 3.81. The van der Waals surface area contributed by atoms with Crippen molar-refractivity contribution in [3.63, 3.8) is 0 Å². The van der Waals surface area contributed by atoms with E-state index in [0.717, 1.165) is 0 Å². The van der Waals surface area contributed by atoms with E-state index in [4.69, 9.17) is 0 Å². The first kappa shape index (κ1) is 16.1. The van der Waals surface area contributed by atoms with E-state index in [2.05, 4.69) is 15.3 Å². The number of hydrogen-bond donors (Lipinski definition) is 1. The summed E-state index contributed by atoms with van der Waals surface area (Å²) in [7, 11) is -3.07. The minimum Gasteiger partial charge on any atom is -0.345 e. The molecule has 0 spiro atoms. The molecule has 1 amide bonds. The number of carbonyl (C=O) groups is 1. The summed E-state index contributed by atoms with van der Waals surface area (Å²) < 4.78 is 23.3. The van der Waals surface area contributed by atoms with Crippen LogP contribution in [-0.2, 0) is 9.84 Å². The molecule has 1 atom stereocenters. The molecule has 1 N–H and O–H groups in total. The highest BCUT2D eigenvalue weighted by molar-refractivity contribution is 7.91. The first-order chi connectivity index (χ1) is 10.8. The van der Waals surface area contributed by atoms with E-state index in [9.17, 15) is 13.2 Å². The van der Waals surface area contributed by atoms with Gasteiger partial charge < -0.3 is 5.32 Å². The number of pyridine rings is 1. The smallest absolute Gasteiger partial charge is 0.263 e. The number of thiazole rings is 1. The fraction of sp³-hybridized carbons (Fsp3) is 0.400. The van der Waals surface area contributed by atoms with Crippen molar-refractivity contribution >= 4 is 27.1 Å². The van der Waals surface area contributed by atoms with E-state index in [0.29, 0.717) is 27.7 Å². The Hall–Kier alpha value is -1.80. The minimum absolute atomic E-state index is 0.0172. The third kappa shape index (κ3) is 3.42. The Kier molecular flexibility index (Phi) is 3.97. The molecule has 1 unspecified atom stereocenters. The lowest BCUT2D eigenvalue weighted by molar-refractivity contribution is 0.0919. The SMILES string of the molecule is Cc1nc(-c2ccccn2)sc1C(=O)NC1(C)CCS(=O)(=O)C1. The minimum atomic E-state index is -3.07. The molecule has 0 saturated carbocycles. The van der Waals surface area contributed by atoms with Crippen molar-refractivity contribution in [3.8, 4) is 10.7 Å². The van der Waals surface area contributed by atoms with Gasteiger partial charge in [0, 0.05) is 6.20 Å². The van der Waals surface area contributed by atoms with Crippen molar-refractivity contribution in [2.24, 2.45) is 0 Å². The van der Waals surface area contributed by atoms with E-state index in [-0.39, 0.29) is 17.4 Å². The van der Waals surface area contributed by atoms with Gasteiger partial charge in [-0.3, -0.25) is 9.78 Å². The average molecular weight is 351 g/mol. The number of carbonyl (C=O) groups excluding carboxylic acids is 1. The predicted molar refractivity (Wildman–Crippen MR) is 89.2 cm³/mol. The van der Waals surface area contributed by atoms with Crippen LogP contribution >= 0.6 is 11.3 Å². The molecule has 0 radical (unpaired) electrons. The second-order valence-corrected chi connectivity index (χ2v) is 9.19. The highest BCUT2D eigenvalue weighted by atomic mass is 32.2. The van der Waals surface area contributed by atoms with Gasteiger partial charge in [0.1, 0.15) is 9.88 Å². The molecule has 1 fully saturated rings. The van der Waals surface area contributed by atoms with Crippen LogP contribution in [0.3, 0.4) is 0 Å². The van der Waals surface area contributed by atoms with Crippen LogP contribution in [0.2, 0.25) is 0 Å². The van der Waals surface area contributed by atoms with Crippen LogP contribution in [0.5, 0.6) is 0 Å². The standard InChI is InChI=1S/C15H17N3O3S2/c1-10-12(22-14(17-10)11-5-3-4-7-16-11)13(19)18-15(2)6-8-23(20,21)9-15/h3-5,7H,6,8-9H2,1-2H3,(H,18,19). The summed E-state index contributed by atoms with van der Waals surface area (Å²) in [6, 6.07) is 5.52. The fourth-order valence-electron chi connectivity index (χ4n) is 2.65. The van der Waals surface area contributed by atoms with Crippen molar-refractivity contribution in [1.82, 2.24) is 15.3 Å². The second-order valence-electron chi connectivity index (χ2n) is 6.01. The summed E-state index contributed by atoms with van der Waals surface area (Å²) in [5.74, 6) is -0.178. The lowest BCUT2D eigenvalue weighted by Gasteiger charge is -2.23. The molecular formula is C15H17N3O3S2. The van der Waals surface area contributed by atoms with Crippen LogP contribution in [0.4, 0.5) is 0 Å². The Morgan fingerprint density at radius 2 is 2.17 bits per heavy atom. The summed E-state index contributed by atoms with van der Waals surface area (Å²) in [6.45, 7) is 3.54. The molecule has 0 aliphatic carbocycles. The van der Waals surface area contributed by atoms with E-state index >= 15 is 0 Å². The van der Waals surface area contributed by atoms with Crippen LogP contribution in [0.1, 0.15) is 28.7 Å². The average Bonchev–Trinajstić information content (AvgIpc) is 3.00. The quantitative estimate of drug-likeness (QED) is 0.911. The maximum atomic E-state index is 12.5. The van der Waals surface area contributed by atoms with Gasteiger partial charge in [0.15, 0.2) is 9.84 Å². The lowest BCUT2D eigenvalue weighted by Crippen LogP contribution is -2.46. The monoisotopic (exact) mass is 351 g/mol. The molecular weight excluding hydrogens is 334 g/mol. The molecule has 122 valence electrons. The van der Waals surface area contributed by atoms with Gasteiger partial charge in [0.25, 0.3) is 5.91 Å². The number of amides is 1.